The van der Waals surface area contributed by atoms with E-state index in [0.717, 1.165) is 5.56 Å². The first-order valence-corrected chi connectivity index (χ1v) is 11.1. The first kappa shape index (κ1) is 26.8. The highest BCUT2D eigenvalue weighted by molar-refractivity contribution is 6.05. The number of phenolic OH excluding ortho intramolecular Hbond substituents is 1. The summed E-state index contributed by atoms with van der Waals surface area (Å²) in [5.74, 6) is 2.00. The van der Waals surface area contributed by atoms with Gasteiger partial charge in [0.15, 0.2) is 28.8 Å². The number of ether oxygens (including phenoxy) is 5. The van der Waals surface area contributed by atoms with Gasteiger partial charge in [-0.3, -0.25) is 4.79 Å². The fraction of sp³-hybridized carbons (Fsp3) is 0.179. The van der Waals surface area contributed by atoms with E-state index in [1.54, 1.807) is 62.8 Å². The number of methoxy groups -OCH3 is 5. The Morgan fingerprint density at radius 1 is 0.811 bits per heavy atom. The van der Waals surface area contributed by atoms with E-state index in [1.807, 2.05) is 6.08 Å². The Bertz CT molecular complexity index is 1310. The van der Waals surface area contributed by atoms with Gasteiger partial charge in [0, 0.05) is 35.2 Å². The van der Waals surface area contributed by atoms with Gasteiger partial charge in [0.25, 0.3) is 0 Å². The normalized spacial score (nSPS) is 10.9. The maximum Gasteiger partial charge on any atom is 0.203 e. The van der Waals surface area contributed by atoms with Crippen molar-refractivity contribution in [2.24, 2.45) is 0 Å². The van der Waals surface area contributed by atoms with E-state index >= 15 is 0 Å². The first-order chi connectivity index (χ1) is 17.8. The molecule has 194 valence electrons. The van der Waals surface area contributed by atoms with Gasteiger partial charge < -0.3 is 39.8 Å². The molecule has 0 unspecified atom stereocenters. The SMILES string of the molecule is COc1ccc(C(=O)/C=C\Nc2cc(OC)c(O)cc2/C=C\c2cc(OC)c(OC)c(OC)c2)cc1N. The van der Waals surface area contributed by atoms with Crippen LogP contribution in [0.25, 0.3) is 12.2 Å². The molecule has 9 nitrogen and oxygen atoms in total. The number of nitrogen functional groups attached to an aromatic ring is 1. The molecule has 3 rings (SSSR count). The Hall–Kier alpha value is -4.79. The number of anilines is 2. The molecular formula is C28H30N2O7. The zero-order valence-electron chi connectivity index (χ0n) is 21.3. The highest BCUT2D eigenvalue weighted by atomic mass is 16.5. The van der Waals surface area contributed by atoms with Gasteiger partial charge in [-0.1, -0.05) is 12.2 Å². The number of hydrogen-bond donors (Lipinski definition) is 3. The van der Waals surface area contributed by atoms with Crippen molar-refractivity contribution in [3.05, 3.63) is 71.4 Å². The van der Waals surface area contributed by atoms with Crippen LogP contribution in [-0.2, 0) is 0 Å². The fourth-order valence-corrected chi connectivity index (χ4v) is 3.59. The fourth-order valence-electron chi connectivity index (χ4n) is 3.59. The highest BCUT2D eigenvalue weighted by Crippen LogP contribution is 2.39. The quantitative estimate of drug-likeness (QED) is 0.108. The molecule has 0 heterocycles. The van der Waals surface area contributed by atoms with E-state index in [-0.39, 0.29) is 17.3 Å². The van der Waals surface area contributed by atoms with E-state index in [0.29, 0.717) is 45.5 Å². The number of rotatable bonds is 11. The summed E-state index contributed by atoms with van der Waals surface area (Å²) in [6, 6.07) is 11.6. The first-order valence-electron chi connectivity index (χ1n) is 11.1. The third-order valence-electron chi connectivity index (χ3n) is 5.48. The number of aromatic hydroxyl groups is 1. The van der Waals surface area contributed by atoms with Crippen LogP contribution in [0.3, 0.4) is 0 Å². The third kappa shape index (κ3) is 6.26. The van der Waals surface area contributed by atoms with Crippen molar-refractivity contribution in [3.8, 4) is 34.5 Å². The van der Waals surface area contributed by atoms with Crippen molar-refractivity contribution >= 4 is 29.3 Å². The van der Waals surface area contributed by atoms with Crippen molar-refractivity contribution < 1.29 is 33.6 Å². The zero-order valence-corrected chi connectivity index (χ0v) is 21.3. The lowest BCUT2D eigenvalue weighted by Gasteiger charge is -2.13. The number of carbonyl (C=O) groups is 1. The third-order valence-corrected chi connectivity index (χ3v) is 5.48. The van der Waals surface area contributed by atoms with Gasteiger partial charge in [0.1, 0.15) is 5.75 Å². The molecule has 0 fully saturated rings. The van der Waals surface area contributed by atoms with Gasteiger partial charge in [-0.25, -0.2) is 0 Å². The lowest BCUT2D eigenvalue weighted by Crippen LogP contribution is -2.00. The molecule has 0 aliphatic heterocycles. The van der Waals surface area contributed by atoms with Crippen molar-refractivity contribution in [3.63, 3.8) is 0 Å². The molecule has 0 saturated carbocycles. The number of nitrogens with one attached hydrogen (secondary N) is 1. The van der Waals surface area contributed by atoms with E-state index in [2.05, 4.69) is 5.32 Å². The molecule has 9 heteroatoms. The zero-order chi connectivity index (χ0) is 26.9. The minimum absolute atomic E-state index is 0.0358. The van der Waals surface area contributed by atoms with Gasteiger partial charge in [0.05, 0.1) is 41.2 Å². The van der Waals surface area contributed by atoms with Crippen LogP contribution >= 0.6 is 0 Å². The van der Waals surface area contributed by atoms with Crippen LogP contribution in [0.15, 0.2) is 54.7 Å². The van der Waals surface area contributed by atoms with Crippen molar-refractivity contribution in [1.29, 1.82) is 0 Å². The Morgan fingerprint density at radius 3 is 2.03 bits per heavy atom. The smallest absolute Gasteiger partial charge is 0.203 e. The van der Waals surface area contributed by atoms with Crippen LogP contribution in [0, 0.1) is 0 Å². The Labute approximate surface area is 215 Å². The van der Waals surface area contributed by atoms with Gasteiger partial charge >= 0.3 is 0 Å². The second-order valence-electron chi connectivity index (χ2n) is 7.70. The monoisotopic (exact) mass is 506 g/mol. The summed E-state index contributed by atoms with van der Waals surface area (Å²) < 4.78 is 26.6. The lowest BCUT2D eigenvalue weighted by molar-refractivity contribution is 0.104. The maximum absolute atomic E-state index is 12.6. The number of allylic oxidation sites excluding steroid dienone is 1. The summed E-state index contributed by atoms with van der Waals surface area (Å²) in [6.45, 7) is 0. The Morgan fingerprint density at radius 2 is 1.46 bits per heavy atom. The average molecular weight is 507 g/mol. The number of phenols is 1. The lowest BCUT2D eigenvalue weighted by atomic mass is 10.1. The van der Waals surface area contributed by atoms with Gasteiger partial charge in [0.2, 0.25) is 5.75 Å². The molecule has 0 saturated heterocycles. The van der Waals surface area contributed by atoms with Crippen LogP contribution in [0.1, 0.15) is 21.5 Å². The molecule has 4 N–H and O–H groups in total. The molecule has 0 spiro atoms. The second-order valence-corrected chi connectivity index (χ2v) is 7.70. The second kappa shape index (κ2) is 12.3. The van der Waals surface area contributed by atoms with Crippen LogP contribution in [0.5, 0.6) is 34.5 Å². The number of carbonyl (C=O) groups excluding carboxylic acids is 1. The van der Waals surface area contributed by atoms with Crippen LogP contribution in [0.4, 0.5) is 11.4 Å². The van der Waals surface area contributed by atoms with Crippen LogP contribution in [-0.4, -0.2) is 46.4 Å². The summed E-state index contributed by atoms with van der Waals surface area (Å²) >= 11 is 0. The highest BCUT2D eigenvalue weighted by Gasteiger charge is 2.13. The molecule has 0 atom stereocenters. The van der Waals surface area contributed by atoms with E-state index in [1.165, 1.54) is 33.6 Å². The van der Waals surface area contributed by atoms with Gasteiger partial charge in [-0.15, -0.1) is 0 Å². The summed E-state index contributed by atoms with van der Waals surface area (Å²) in [5, 5.41) is 13.4. The molecule has 0 aliphatic rings. The number of benzene rings is 3. The van der Waals surface area contributed by atoms with E-state index in [4.69, 9.17) is 29.4 Å². The standard InChI is InChI=1S/C28H30N2O7/c1-33-24-9-8-19(14-20(24)29)22(31)10-11-30-21-16-25(34-2)23(32)15-18(21)7-6-17-12-26(35-3)28(37-5)27(13-17)36-4/h6-16,30,32H,29H2,1-5H3/b7-6-,11-10-. The van der Waals surface area contributed by atoms with Crippen molar-refractivity contribution in [2.75, 3.05) is 46.6 Å². The molecule has 0 amide bonds. The number of ketones is 1. The topological polar surface area (TPSA) is 122 Å². The summed E-state index contributed by atoms with van der Waals surface area (Å²) in [4.78, 5) is 12.6. The van der Waals surface area contributed by atoms with E-state index < -0.39 is 0 Å². The predicted octanol–water partition coefficient (Wildman–Crippen LogP) is 5.00. The number of hydrogen-bond acceptors (Lipinski definition) is 9. The van der Waals surface area contributed by atoms with Crippen LogP contribution < -0.4 is 34.7 Å². The maximum atomic E-state index is 12.6. The van der Waals surface area contributed by atoms with E-state index in [9.17, 15) is 9.90 Å². The molecule has 0 bridgehead atoms. The molecule has 3 aromatic carbocycles. The van der Waals surface area contributed by atoms with Crippen LogP contribution in [0.2, 0.25) is 0 Å². The predicted molar refractivity (Wildman–Crippen MR) is 144 cm³/mol. The van der Waals surface area contributed by atoms with Crippen molar-refractivity contribution in [2.45, 2.75) is 0 Å². The summed E-state index contributed by atoms with van der Waals surface area (Å²) in [5.41, 5.74) is 8.70. The molecule has 37 heavy (non-hydrogen) atoms. The minimum atomic E-state index is -0.248. The largest absolute Gasteiger partial charge is 0.504 e. The average Bonchev–Trinajstić information content (AvgIpc) is 2.91. The summed E-state index contributed by atoms with van der Waals surface area (Å²) in [7, 11) is 7.59. The number of nitrogens with two attached hydrogens (primary N) is 1. The summed E-state index contributed by atoms with van der Waals surface area (Å²) in [6.07, 6.45) is 6.51. The Balaban J connectivity index is 1.89. The van der Waals surface area contributed by atoms with Gasteiger partial charge in [-0.2, -0.15) is 0 Å². The molecule has 0 aliphatic carbocycles. The molecule has 0 radical (unpaired) electrons. The molecular weight excluding hydrogens is 476 g/mol. The molecule has 3 aromatic rings. The Kier molecular flexibility index (Phi) is 8.88. The van der Waals surface area contributed by atoms with Crippen molar-refractivity contribution in [1.82, 2.24) is 0 Å². The minimum Gasteiger partial charge on any atom is -0.504 e. The van der Waals surface area contributed by atoms with Gasteiger partial charge in [-0.05, 0) is 42.0 Å². The molecule has 0 aromatic heterocycles.